The summed E-state index contributed by atoms with van der Waals surface area (Å²) in [7, 11) is 0. The van der Waals surface area contributed by atoms with E-state index in [9.17, 15) is 0 Å². The predicted octanol–water partition coefficient (Wildman–Crippen LogP) is 2.49. The molecular formula is C15H14N4O. The van der Waals surface area contributed by atoms with Gasteiger partial charge in [0.2, 0.25) is 5.82 Å². The maximum absolute atomic E-state index is 5.72. The summed E-state index contributed by atoms with van der Waals surface area (Å²) in [5.41, 5.74) is 2.19. The minimum absolute atomic E-state index is 0.584. The lowest BCUT2D eigenvalue weighted by molar-refractivity contribution is 0.322. The maximum atomic E-state index is 5.72. The minimum atomic E-state index is 0.584. The Hall–Kier alpha value is -2.69. The number of nitrogens with zero attached hydrogens (tertiary/aromatic N) is 3. The van der Waals surface area contributed by atoms with E-state index in [-0.39, 0.29) is 0 Å². The molecule has 0 aliphatic carbocycles. The van der Waals surface area contributed by atoms with Crippen LogP contribution < -0.4 is 4.74 Å². The molecule has 0 bridgehead atoms. The summed E-state index contributed by atoms with van der Waals surface area (Å²) in [4.78, 5) is 0. The van der Waals surface area contributed by atoms with Crippen LogP contribution in [0, 0.1) is 0 Å². The lowest BCUT2D eigenvalue weighted by atomic mass is 10.2. The fourth-order valence-electron chi connectivity index (χ4n) is 1.92. The average molecular weight is 266 g/mol. The van der Waals surface area contributed by atoms with Crippen LogP contribution in [-0.4, -0.2) is 27.2 Å². The molecule has 0 radical (unpaired) electrons. The first-order valence-electron chi connectivity index (χ1n) is 6.42. The normalized spacial score (nSPS) is 10.4. The zero-order valence-corrected chi connectivity index (χ0v) is 10.9. The van der Waals surface area contributed by atoms with Gasteiger partial charge in [0.1, 0.15) is 5.75 Å². The molecule has 1 aromatic heterocycles. The van der Waals surface area contributed by atoms with Crippen molar-refractivity contribution in [1.29, 1.82) is 0 Å². The molecule has 2 aromatic carbocycles. The zero-order valence-electron chi connectivity index (χ0n) is 10.9. The Morgan fingerprint density at radius 2 is 1.75 bits per heavy atom. The van der Waals surface area contributed by atoms with Crippen molar-refractivity contribution in [3.05, 3.63) is 60.2 Å². The van der Waals surface area contributed by atoms with Gasteiger partial charge in [-0.25, -0.2) is 0 Å². The first-order chi connectivity index (χ1) is 9.92. The number of benzene rings is 2. The summed E-state index contributed by atoms with van der Waals surface area (Å²) in [6.45, 7) is 0.658. The maximum Gasteiger partial charge on any atom is 0.204 e. The topological polar surface area (TPSA) is 63.7 Å². The third kappa shape index (κ3) is 3.00. The summed E-state index contributed by atoms with van der Waals surface area (Å²) in [6.07, 6.45) is 0.896. The number of aromatic nitrogens is 4. The van der Waals surface area contributed by atoms with E-state index in [0.717, 1.165) is 17.7 Å². The third-order valence-electron chi connectivity index (χ3n) is 2.96. The number of tetrazole rings is 1. The van der Waals surface area contributed by atoms with Gasteiger partial charge in [-0.05, 0) is 35.0 Å². The first-order valence-corrected chi connectivity index (χ1v) is 6.42. The van der Waals surface area contributed by atoms with E-state index in [1.807, 2.05) is 42.5 Å². The Balaban J connectivity index is 1.56. The van der Waals surface area contributed by atoms with Gasteiger partial charge in [-0.2, -0.15) is 5.21 Å². The first kappa shape index (κ1) is 12.3. The van der Waals surface area contributed by atoms with Crippen LogP contribution in [0.25, 0.3) is 11.4 Å². The van der Waals surface area contributed by atoms with E-state index in [1.54, 1.807) is 0 Å². The quantitative estimate of drug-likeness (QED) is 0.770. The molecule has 0 unspecified atom stereocenters. The Morgan fingerprint density at radius 1 is 0.950 bits per heavy atom. The highest BCUT2D eigenvalue weighted by atomic mass is 16.5. The standard InChI is InChI=1S/C15H14N4O/c1-2-4-12(5-3-1)10-11-20-14-8-6-13(7-9-14)15-16-18-19-17-15/h1-9H,10-11H2,(H,16,17,18,19). The molecule has 5 heteroatoms. The fourth-order valence-corrected chi connectivity index (χ4v) is 1.92. The molecule has 1 N–H and O–H groups in total. The van der Waals surface area contributed by atoms with Crippen LogP contribution in [-0.2, 0) is 6.42 Å². The molecule has 0 atom stereocenters. The lowest BCUT2D eigenvalue weighted by Gasteiger charge is -2.06. The van der Waals surface area contributed by atoms with E-state index in [2.05, 4.69) is 32.8 Å². The summed E-state index contributed by atoms with van der Waals surface area (Å²) in [5.74, 6) is 1.43. The highest BCUT2D eigenvalue weighted by Crippen LogP contribution is 2.18. The number of nitrogens with one attached hydrogen (secondary N) is 1. The molecule has 0 aliphatic rings. The van der Waals surface area contributed by atoms with E-state index >= 15 is 0 Å². The van der Waals surface area contributed by atoms with Gasteiger partial charge in [-0.1, -0.05) is 30.3 Å². The SMILES string of the molecule is c1ccc(CCOc2ccc(-c3nn[nH]n3)cc2)cc1. The molecule has 100 valence electrons. The molecule has 1 heterocycles. The van der Waals surface area contributed by atoms with Gasteiger partial charge in [0.15, 0.2) is 0 Å². The van der Waals surface area contributed by atoms with Crippen LogP contribution in [0.5, 0.6) is 5.75 Å². The van der Waals surface area contributed by atoms with Gasteiger partial charge in [-0.3, -0.25) is 0 Å². The average Bonchev–Trinajstić information content (AvgIpc) is 3.03. The second-order valence-electron chi connectivity index (χ2n) is 4.34. The Bertz CT molecular complexity index is 635. The summed E-state index contributed by atoms with van der Waals surface area (Å²) in [5, 5.41) is 13.8. The third-order valence-corrected chi connectivity index (χ3v) is 2.96. The number of hydrogen-bond donors (Lipinski definition) is 1. The highest BCUT2D eigenvalue weighted by molar-refractivity contribution is 5.54. The van der Waals surface area contributed by atoms with Crippen LogP contribution in [0.3, 0.4) is 0 Å². The summed E-state index contributed by atoms with van der Waals surface area (Å²) >= 11 is 0. The number of aromatic amines is 1. The van der Waals surface area contributed by atoms with Crippen molar-refractivity contribution in [2.75, 3.05) is 6.61 Å². The van der Waals surface area contributed by atoms with Crippen molar-refractivity contribution in [2.45, 2.75) is 6.42 Å². The molecule has 3 aromatic rings. The van der Waals surface area contributed by atoms with E-state index in [1.165, 1.54) is 5.56 Å². The smallest absolute Gasteiger partial charge is 0.204 e. The Morgan fingerprint density at radius 3 is 2.45 bits per heavy atom. The second kappa shape index (κ2) is 5.97. The Labute approximate surface area is 116 Å². The largest absolute Gasteiger partial charge is 0.493 e. The molecule has 20 heavy (non-hydrogen) atoms. The molecular weight excluding hydrogens is 252 g/mol. The number of ether oxygens (including phenoxy) is 1. The lowest BCUT2D eigenvalue weighted by Crippen LogP contribution is -2.01. The monoisotopic (exact) mass is 266 g/mol. The Kier molecular flexibility index (Phi) is 3.68. The predicted molar refractivity (Wildman–Crippen MR) is 75.3 cm³/mol. The molecule has 0 aliphatic heterocycles. The number of hydrogen-bond acceptors (Lipinski definition) is 4. The molecule has 0 fully saturated rings. The fraction of sp³-hybridized carbons (Fsp3) is 0.133. The van der Waals surface area contributed by atoms with Crippen molar-refractivity contribution in [1.82, 2.24) is 20.6 Å². The van der Waals surface area contributed by atoms with Crippen LogP contribution in [0.4, 0.5) is 0 Å². The van der Waals surface area contributed by atoms with Gasteiger partial charge < -0.3 is 4.74 Å². The molecule has 5 nitrogen and oxygen atoms in total. The summed E-state index contributed by atoms with van der Waals surface area (Å²) < 4.78 is 5.72. The molecule has 0 amide bonds. The minimum Gasteiger partial charge on any atom is -0.493 e. The van der Waals surface area contributed by atoms with Crippen molar-refractivity contribution >= 4 is 0 Å². The van der Waals surface area contributed by atoms with Gasteiger partial charge in [0.05, 0.1) is 6.61 Å². The van der Waals surface area contributed by atoms with Gasteiger partial charge in [0, 0.05) is 12.0 Å². The number of H-pyrrole nitrogens is 1. The number of rotatable bonds is 5. The summed E-state index contributed by atoms with van der Waals surface area (Å²) in [6, 6.07) is 18.0. The van der Waals surface area contributed by atoms with Crippen LogP contribution in [0.2, 0.25) is 0 Å². The van der Waals surface area contributed by atoms with Crippen molar-refractivity contribution in [3.8, 4) is 17.1 Å². The van der Waals surface area contributed by atoms with Crippen molar-refractivity contribution < 1.29 is 4.74 Å². The van der Waals surface area contributed by atoms with Crippen LogP contribution in [0.1, 0.15) is 5.56 Å². The van der Waals surface area contributed by atoms with Gasteiger partial charge in [0.25, 0.3) is 0 Å². The van der Waals surface area contributed by atoms with Crippen LogP contribution in [0.15, 0.2) is 54.6 Å². The highest BCUT2D eigenvalue weighted by Gasteiger charge is 2.02. The zero-order chi connectivity index (χ0) is 13.6. The van der Waals surface area contributed by atoms with Crippen LogP contribution >= 0.6 is 0 Å². The van der Waals surface area contributed by atoms with E-state index < -0.39 is 0 Å². The second-order valence-corrected chi connectivity index (χ2v) is 4.34. The van der Waals surface area contributed by atoms with Gasteiger partial charge in [-0.15, -0.1) is 10.2 Å². The van der Waals surface area contributed by atoms with Gasteiger partial charge >= 0.3 is 0 Å². The molecule has 0 saturated heterocycles. The van der Waals surface area contributed by atoms with Crippen molar-refractivity contribution in [3.63, 3.8) is 0 Å². The van der Waals surface area contributed by atoms with Crippen molar-refractivity contribution in [2.24, 2.45) is 0 Å². The molecule has 0 spiro atoms. The molecule has 3 rings (SSSR count). The van der Waals surface area contributed by atoms with E-state index in [4.69, 9.17) is 4.74 Å². The van der Waals surface area contributed by atoms with E-state index in [0.29, 0.717) is 12.4 Å². The molecule has 0 saturated carbocycles.